The smallest absolute Gasteiger partial charge is 0.417 e. The lowest BCUT2D eigenvalue weighted by atomic mass is 9.67. The number of ketones is 1. The summed E-state index contributed by atoms with van der Waals surface area (Å²) in [5.74, 6) is 1.34. The van der Waals surface area contributed by atoms with Crippen molar-refractivity contribution in [2.75, 3.05) is 13.7 Å². The highest BCUT2D eigenvalue weighted by Crippen LogP contribution is 2.39. The summed E-state index contributed by atoms with van der Waals surface area (Å²) < 4.78 is 4.57. The van der Waals surface area contributed by atoms with E-state index in [4.69, 9.17) is 0 Å². The first kappa shape index (κ1) is 16.8. The molecule has 0 aromatic heterocycles. The van der Waals surface area contributed by atoms with Crippen LogP contribution >= 0.6 is 0 Å². The van der Waals surface area contributed by atoms with Crippen LogP contribution in [0.5, 0.6) is 0 Å². The Hall–Kier alpha value is -1.59. The zero-order valence-electron chi connectivity index (χ0n) is 13.8. The Bertz CT molecular complexity index is 463. The molecule has 3 amide bonds. The molecule has 22 heavy (non-hydrogen) atoms. The zero-order valence-corrected chi connectivity index (χ0v) is 13.8. The number of nitrogens with one attached hydrogen (secondary N) is 1. The fourth-order valence-corrected chi connectivity index (χ4v) is 3.75. The van der Waals surface area contributed by atoms with Gasteiger partial charge >= 0.3 is 12.1 Å². The van der Waals surface area contributed by atoms with E-state index in [1.54, 1.807) is 0 Å². The Kier molecular flexibility index (Phi) is 5.08. The van der Waals surface area contributed by atoms with Crippen molar-refractivity contribution < 1.29 is 19.1 Å². The number of imide groups is 1. The number of rotatable bonds is 3. The predicted octanol–water partition coefficient (Wildman–Crippen LogP) is 2.42. The van der Waals surface area contributed by atoms with Crippen LogP contribution < -0.4 is 5.32 Å². The molecule has 0 radical (unpaired) electrons. The van der Waals surface area contributed by atoms with Gasteiger partial charge in [-0.05, 0) is 30.6 Å². The number of nitrogens with zero attached hydrogens (tertiary/aromatic N) is 1. The number of hydrogen-bond acceptors (Lipinski definition) is 4. The molecule has 2 fully saturated rings. The van der Waals surface area contributed by atoms with E-state index < -0.39 is 18.2 Å². The van der Waals surface area contributed by atoms with Crippen molar-refractivity contribution in [3.8, 4) is 0 Å². The minimum absolute atomic E-state index is 0.0355. The highest BCUT2D eigenvalue weighted by atomic mass is 16.5. The third-order valence-corrected chi connectivity index (χ3v) is 5.03. The summed E-state index contributed by atoms with van der Waals surface area (Å²) in [5.41, 5.74) is 0. The van der Waals surface area contributed by atoms with Crippen molar-refractivity contribution in [1.29, 1.82) is 0 Å². The summed E-state index contributed by atoms with van der Waals surface area (Å²) in [4.78, 5) is 37.2. The lowest BCUT2D eigenvalue weighted by Gasteiger charge is -2.37. The van der Waals surface area contributed by atoms with E-state index in [-0.39, 0.29) is 18.2 Å². The van der Waals surface area contributed by atoms with Gasteiger partial charge in [-0.25, -0.2) is 14.5 Å². The lowest BCUT2D eigenvalue weighted by molar-refractivity contribution is -0.128. The van der Waals surface area contributed by atoms with Crippen LogP contribution in [0.3, 0.4) is 0 Å². The topological polar surface area (TPSA) is 75.7 Å². The van der Waals surface area contributed by atoms with Crippen LogP contribution in [0.4, 0.5) is 9.59 Å². The van der Waals surface area contributed by atoms with Crippen LogP contribution in [-0.2, 0) is 9.53 Å². The van der Waals surface area contributed by atoms with Crippen LogP contribution in [0.1, 0.15) is 40.0 Å². The van der Waals surface area contributed by atoms with Crippen LogP contribution in [0.2, 0.25) is 0 Å². The SMILES string of the molecule is COC(=O)N1C[C@@H](C(=O)[C@@H]2C[C@@H](C)CC[C@@H]2C(C)C)NC1=O. The Morgan fingerprint density at radius 2 is 2.00 bits per heavy atom. The van der Waals surface area contributed by atoms with Gasteiger partial charge in [-0.3, -0.25) is 4.79 Å². The lowest BCUT2D eigenvalue weighted by Crippen LogP contribution is -2.44. The van der Waals surface area contributed by atoms with Crippen molar-refractivity contribution in [3.05, 3.63) is 0 Å². The van der Waals surface area contributed by atoms with E-state index in [0.29, 0.717) is 17.8 Å². The van der Waals surface area contributed by atoms with Gasteiger partial charge < -0.3 is 10.1 Å². The normalized spacial score (nSPS) is 32.0. The molecule has 1 N–H and O–H groups in total. The molecule has 0 spiro atoms. The molecule has 0 aromatic rings. The zero-order chi connectivity index (χ0) is 16.4. The molecule has 124 valence electrons. The van der Waals surface area contributed by atoms with Crippen LogP contribution in [0.15, 0.2) is 0 Å². The summed E-state index contributed by atoms with van der Waals surface area (Å²) in [6, 6.07) is -1.15. The van der Waals surface area contributed by atoms with E-state index in [1.165, 1.54) is 7.11 Å². The average molecular weight is 310 g/mol. The molecule has 6 heteroatoms. The Morgan fingerprint density at radius 3 is 2.59 bits per heavy atom. The molecule has 1 heterocycles. The summed E-state index contributed by atoms with van der Waals surface area (Å²) in [5, 5.41) is 2.63. The molecule has 1 saturated carbocycles. The molecule has 0 aromatic carbocycles. The average Bonchev–Trinajstić information content (AvgIpc) is 2.87. The van der Waals surface area contributed by atoms with E-state index in [1.807, 2.05) is 0 Å². The second-order valence-electron chi connectivity index (χ2n) is 6.92. The van der Waals surface area contributed by atoms with Crippen molar-refractivity contribution >= 4 is 17.9 Å². The first-order chi connectivity index (χ1) is 10.3. The highest BCUT2D eigenvalue weighted by Gasteiger charge is 2.43. The second kappa shape index (κ2) is 6.67. The Labute approximate surface area is 131 Å². The summed E-state index contributed by atoms with van der Waals surface area (Å²) in [6.45, 7) is 6.54. The van der Waals surface area contributed by atoms with E-state index in [9.17, 15) is 14.4 Å². The van der Waals surface area contributed by atoms with Gasteiger partial charge in [0.05, 0.1) is 13.7 Å². The molecule has 1 aliphatic heterocycles. The van der Waals surface area contributed by atoms with Gasteiger partial charge in [0, 0.05) is 5.92 Å². The number of carbonyl (C=O) groups excluding carboxylic acids is 3. The first-order valence-electron chi connectivity index (χ1n) is 8.04. The fraction of sp³-hybridized carbons (Fsp3) is 0.812. The van der Waals surface area contributed by atoms with Crippen molar-refractivity contribution in [3.63, 3.8) is 0 Å². The van der Waals surface area contributed by atoms with E-state index in [2.05, 4.69) is 30.8 Å². The first-order valence-corrected chi connectivity index (χ1v) is 8.04. The maximum Gasteiger partial charge on any atom is 0.417 e. The summed E-state index contributed by atoms with van der Waals surface area (Å²) in [6.07, 6.45) is 2.35. The fourth-order valence-electron chi connectivity index (χ4n) is 3.75. The number of methoxy groups -OCH3 is 1. The molecule has 2 aliphatic rings. The monoisotopic (exact) mass is 310 g/mol. The second-order valence-corrected chi connectivity index (χ2v) is 6.92. The molecule has 0 unspecified atom stereocenters. The molecule has 1 aliphatic carbocycles. The summed E-state index contributed by atoms with van der Waals surface area (Å²) >= 11 is 0. The van der Waals surface area contributed by atoms with Crippen molar-refractivity contribution in [2.24, 2.45) is 23.7 Å². The third kappa shape index (κ3) is 3.25. The van der Waals surface area contributed by atoms with Gasteiger partial charge in [0.1, 0.15) is 6.04 Å². The van der Waals surface area contributed by atoms with Crippen LogP contribution in [-0.4, -0.2) is 42.5 Å². The van der Waals surface area contributed by atoms with Gasteiger partial charge in [-0.1, -0.05) is 27.2 Å². The molecule has 6 nitrogen and oxygen atoms in total. The number of urea groups is 1. The quantitative estimate of drug-likeness (QED) is 0.868. The maximum absolute atomic E-state index is 12.9. The largest absolute Gasteiger partial charge is 0.452 e. The number of Topliss-reactive ketones (excluding diaryl/α,β-unsaturated/α-hetero) is 1. The molecule has 4 atom stereocenters. The van der Waals surface area contributed by atoms with E-state index in [0.717, 1.165) is 24.2 Å². The van der Waals surface area contributed by atoms with Gasteiger partial charge in [0.2, 0.25) is 0 Å². The molecule has 2 rings (SSSR count). The van der Waals surface area contributed by atoms with Gasteiger partial charge in [0.25, 0.3) is 0 Å². The molecular formula is C16H26N2O4. The number of hydrogen-bond donors (Lipinski definition) is 1. The minimum atomic E-state index is -0.717. The molecule has 1 saturated heterocycles. The molecular weight excluding hydrogens is 284 g/mol. The Morgan fingerprint density at radius 1 is 1.32 bits per heavy atom. The van der Waals surface area contributed by atoms with Gasteiger partial charge in [-0.15, -0.1) is 0 Å². The standard InChI is InChI=1S/C16H26N2O4/c1-9(2)11-6-5-10(3)7-12(11)14(19)13-8-18(15(20)17-13)16(21)22-4/h9-13H,5-8H2,1-4H3,(H,17,20)/t10-,11+,12+,13-/m0/s1. The maximum atomic E-state index is 12.9. The van der Waals surface area contributed by atoms with E-state index >= 15 is 0 Å². The van der Waals surface area contributed by atoms with Crippen molar-refractivity contribution in [1.82, 2.24) is 10.2 Å². The van der Waals surface area contributed by atoms with Crippen LogP contribution in [0.25, 0.3) is 0 Å². The highest BCUT2D eigenvalue weighted by molar-refractivity contribution is 5.99. The van der Waals surface area contributed by atoms with Gasteiger partial charge in [0.15, 0.2) is 5.78 Å². The minimum Gasteiger partial charge on any atom is -0.452 e. The Balaban J connectivity index is 2.09. The van der Waals surface area contributed by atoms with Gasteiger partial charge in [-0.2, -0.15) is 0 Å². The van der Waals surface area contributed by atoms with Crippen LogP contribution in [0, 0.1) is 23.7 Å². The summed E-state index contributed by atoms with van der Waals surface area (Å²) in [7, 11) is 1.22. The predicted molar refractivity (Wildman–Crippen MR) is 81.3 cm³/mol. The number of ether oxygens (including phenoxy) is 1. The third-order valence-electron chi connectivity index (χ3n) is 5.03. The number of carbonyl (C=O) groups is 3. The molecule has 0 bridgehead atoms. The van der Waals surface area contributed by atoms with Crippen molar-refractivity contribution in [2.45, 2.75) is 46.1 Å². The number of amides is 3.